The van der Waals surface area contributed by atoms with Crippen LogP contribution in [0.25, 0.3) is 0 Å². The van der Waals surface area contributed by atoms with Crippen LogP contribution >= 0.6 is 0 Å². The molecule has 0 radical (unpaired) electrons. The first-order valence-electron chi connectivity index (χ1n) is 6.78. The fraction of sp³-hybridized carbons (Fsp3) is 0.176. The van der Waals surface area contributed by atoms with E-state index in [1.54, 1.807) is 24.3 Å². The molecule has 0 amide bonds. The highest BCUT2D eigenvalue weighted by atomic mass is 16.6. The Hall–Kier alpha value is -2.82. The maximum absolute atomic E-state index is 11.8. The van der Waals surface area contributed by atoms with Crippen LogP contribution in [0.4, 0.5) is 0 Å². The zero-order chi connectivity index (χ0) is 15.8. The maximum Gasteiger partial charge on any atom is 0.338 e. The highest BCUT2D eigenvalue weighted by Crippen LogP contribution is 2.13. The summed E-state index contributed by atoms with van der Waals surface area (Å²) in [4.78, 5) is 22.6. The Morgan fingerprint density at radius 3 is 2.18 bits per heavy atom. The molecule has 2 aromatic rings. The van der Waals surface area contributed by atoms with E-state index in [1.165, 1.54) is 6.92 Å². The summed E-state index contributed by atoms with van der Waals surface area (Å²) >= 11 is 0. The average molecular weight is 300 g/mol. The molecule has 0 fully saturated rings. The number of ether oxygens (including phenoxy) is 3. The number of carbonyl (C=O) groups excluding carboxylic acids is 2. The van der Waals surface area contributed by atoms with Gasteiger partial charge in [-0.25, -0.2) is 4.79 Å². The molecule has 114 valence electrons. The third-order valence-corrected chi connectivity index (χ3v) is 2.68. The number of esters is 2. The lowest BCUT2D eigenvalue weighted by atomic mass is 10.2. The molecule has 0 N–H and O–H groups in total. The molecule has 0 saturated carbocycles. The Bertz CT molecular complexity index is 619. The van der Waals surface area contributed by atoms with Gasteiger partial charge in [0.1, 0.15) is 24.7 Å². The van der Waals surface area contributed by atoms with E-state index in [-0.39, 0.29) is 13.2 Å². The molecular formula is C17H16O5. The predicted molar refractivity (Wildman–Crippen MR) is 80.0 cm³/mol. The standard InChI is InChI=1S/C17H16O5/c1-13(18)22-16-9-7-14(8-10-16)17(19)21-12-11-20-15-5-3-2-4-6-15/h2-10H,11-12H2,1H3. The van der Waals surface area contributed by atoms with Crippen molar-refractivity contribution in [3.05, 3.63) is 60.2 Å². The molecular weight excluding hydrogens is 284 g/mol. The van der Waals surface area contributed by atoms with Gasteiger partial charge in [0, 0.05) is 6.92 Å². The van der Waals surface area contributed by atoms with Crippen LogP contribution in [-0.4, -0.2) is 25.2 Å². The van der Waals surface area contributed by atoms with Crippen molar-refractivity contribution < 1.29 is 23.8 Å². The number of hydrogen-bond acceptors (Lipinski definition) is 5. The van der Waals surface area contributed by atoms with Gasteiger partial charge in [-0.05, 0) is 36.4 Å². The Labute approximate surface area is 128 Å². The van der Waals surface area contributed by atoms with E-state index in [9.17, 15) is 9.59 Å². The maximum atomic E-state index is 11.8. The van der Waals surface area contributed by atoms with E-state index in [0.717, 1.165) is 5.75 Å². The molecule has 0 spiro atoms. The molecule has 0 aliphatic heterocycles. The van der Waals surface area contributed by atoms with E-state index < -0.39 is 11.9 Å². The molecule has 2 aromatic carbocycles. The molecule has 22 heavy (non-hydrogen) atoms. The number of para-hydroxylation sites is 1. The van der Waals surface area contributed by atoms with Crippen LogP contribution in [-0.2, 0) is 9.53 Å². The SMILES string of the molecule is CC(=O)Oc1ccc(C(=O)OCCOc2ccccc2)cc1. The van der Waals surface area contributed by atoms with Crippen molar-refractivity contribution in [2.75, 3.05) is 13.2 Å². The summed E-state index contributed by atoms with van der Waals surface area (Å²) in [5, 5.41) is 0. The second kappa shape index (κ2) is 7.83. The van der Waals surface area contributed by atoms with Gasteiger partial charge in [-0.3, -0.25) is 4.79 Å². The minimum Gasteiger partial charge on any atom is -0.490 e. The molecule has 0 heterocycles. The smallest absolute Gasteiger partial charge is 0.338 e. The van der Waals surface area contributed by atoms with Gasteiger partial charge in [0.05, 0.1) is 5.56 Å². The predicted octanol–water partition coefficient (Wildman–Crippen LogP) is 2.85. The number of rotatable bonds is 6. The molecule has 0 bridgehead atoms. The summed E-state index contributed by atoms with van der Waals surface area (Å²) in [6, 6.07) is 15.4. The van der Waals surface area contributed by atoms with Crippen LogP contribution in [0.3, 0.4) is 0 Å². The molecule has 0 unspecified atom stereocenters. The van der Waals surface area contributed by atoms with E-state index in [4.69, 9.17) is 14.2 Å². The fourth-order valence-electron chi connectivity index (χ4n) is 1.72. The van der Waals surface area contributed by atoms with Gasteiger partial charge in [0.15, 0.2) is 0 Å². The summed E-state index contributed by atoms with van der Waals surface area (Å²) in [5.74, 6) is 0.250. The highest BCUT2D eigenvalue weighted by molar-refractivity contribution is 5.89. The molecule has 2 rings (SSSR count). The van der Waals surface area contributed by atoms with E-state index >= 15 is 0 Å². The topological polar surface area (TPSA) is 61.8 Å². The van der Waals surface area contributed by atoms with Crippen molar-refractivity contribution >= 4 is 11.9 Å². The molecule has 0 aliphatic rings. The summed E-state index contributed by atoms with van der Waals surface area (Å²) in [5.41, 5.74) is 0.385. The van der Waals surface area contributed by atoms with Crippen molar-refractivity contribution in [2.45, 2.75) is 6.92 Å². The quantitative estimate of drug-likeness (QED) is 0.466. The summed E-state index contributed by atoms with van der Waals surface area (Å²) in [7, 11) is 0. The lowest BCUT2D eigenvalue weighted by molar-refractivity contribution is -0.131. The van der Waals surface area contributed by atoms with Gasteiger partial charge in [-0.2, -0.15) is 0 Å². The van der Waals surface area contributed by atoms with Crippen LogP contribution < -0.4 is 9.47 Å². The molecule has 0 aromatic heterocycles. The van der Waals surface area contributed by atoms with Gasteiger partial charge in [-0.1, -0.05) is 18.2 Å². The van der Waals surface area contributed by atoms with E-state index in [0.29, 0.717) is 11.3 Å². The summed E-state index contributed by atoms with van der Waals surface area (Å²) < 4.78 is 15.4. The van der Waals surface area contributed by atoms with Crippen molar-refractivity contribution in [3.63, 3.8) is 0 Å². The molecule has 5 nitrogen and oxygen atoms in total. The van der Waals surface area contributed by atoms with Crippen molar-refractivity contribution in [1.82, 2.24) is 0 Å². The zero-order valence-electron chi connectivity index (χ0n) is 12.2. The van der Waals surface area contributed by atoms with Gasteiger partial charge in [0.25, 0.3) is 0 Å². The number of benzene rings is 2. The third-order valence-electron chi connectivity index (χ3n) is 2.68. The first-order valence-corrected chi connectivity index (χ1v) is 6.78. The lowest BCUT2D eigenvalue weighted by Gasteiger charge is -2.07. The second-order valence-electron chi connectivity index (χ2n) is 4.42. The van der Waals surface area contributed by atoms with Crippen LogP contribution in [0, 0.1) is 0 Å². The van der Waals surface area contributed by atoms with Crippen molar-refractivity contribution in [1.29, 1.82) is 0 Å². The second-order valence-corrected chi connectivity index (χ2v) is 4.42. The van der Waals surface area contributed by atoms with Crippen LogP contribution in [0.15, 0.2) is 54.6 Å². The van der Waals surface area contributed by atoms with Crippen LogP contribution in [0.5, 0.6) is 11.5 Å². The normalized spacial score (nSPS) is 9.86. The lowest BCUT2D eigenvalue weighted by Crippen LogP contribution is -2.12. The Morgan fingerprint density at radius 1 is 0.864 bits per heavy atom. The molecule has 0 saturated heterocycles. The number of hydrogen-bond donors (Lipinski definition) is 0. The third kappa shape index (κ3) is 4.94. The molecule has 0 aliphatic carbocycles. The van der Waals surface area contributed by atoms with Crippen LogP contribution in [0.2, 0.25) is 0 Å². The Kier molecular flexibility index (Phi) is 5.54. The Balaban J connectivity index is 1.76. The largest absolute Gasteiger partial charge is 0.490 e. The zero-order valence-corrected chi connectivity index (χ0v) is 12.2. The van der Waals surface area contributed by atoms with Gasteiger partial charge in [-0.15, -0.1) is 0 Å². The number of carbonyl (C=O) groups is 2. The van der Waals surface area contributed by atoms with Crippen molar-refractivity contribution in [3.8, 4) is 11.5 Å². The van der Waals surface area contributed by atoms with Gasteiger partial charge < -0.3 is 14.2 Å². The molecule has 5 heteroatoms. The monoisotopic (exact) mass is 300 g/mol. The average Bonchev–Trinajstić information content (AvgIpc) is 2.52. The van der Waals surface area contributed by atoms with Gasteiger partial charge in [0.2, 0.25) is 0 Å². The fourth-order valence-corrected chi connectivity index (χ4v) is 1.72. The van der Waals surface area contributed by atoms with E-state index in [1.807, 2.05) is 30.3 Å². The first kappa shape index (κ1) is 15.6. The summed E-state index contributed by atoms with van der Waals surface area (Å²) in [6.45, 7) is 1.75. The minimum atomic E-state index is -0.453. The van der Waals surface area contributed by atoms with Gasteiger partial charge >= 0.3 is 11.9 Å². The first-order chi connectivity index (χ1) is 10.6. The highest BCUT2D eigenvalue weighted by Gasteiger charge is 2.07. The molecule has 0 atom stereocenters. The van der Waals surface area contributed by atoms with E-state index in [2.05, 4.69) is 0 Å². The van der Waals surface area contributed by atoms with Crippen LogP contribution in [0.1, 0.15) is 17.3 Å². The summed E-state index contributed by atoms with van der Waals surface area (Å²) in [6.07, 6.45) is 0. The minimum absolute atomic E-state index is 0.152. The van der Waals surface area contributed by atoms with Crippen molar-refractivity contribution in [2.24, 2.45) is 0 Å². The Morgan fingerprint density at radius 2 is 1.55 bits per heavy atom.